The number of aliphatic imine (C=N–C) groups is 1. The Morgan fingerprint density at radius 3 is 2.96 bits per heavy atom. The van der Waals surface area contributed by atoms with Gasteiger partial charge in [0.1, 0.15) is 9.96 Å². The van der Waals surface area contributed by atoms with Crippen molar-refractivity contribution in [3.8, 4) is 0 Å². The fourth-order valence-corrected chi connectivity index (χ4v) is 4.93. The Morgan fingerprint density at radius 2 is 2.15 bits per heavy atom. The summed E-state index contributed by atoms with van der Waals surface area (Å²) in [6.07, 6.45) is 0. The molecule has 1 amide bonds. The maximum atomic E-state index is 12.9. The van der Waals surface area contributed by atoms with Gasteiger partial charge in [-0.25, -0.2) is 0 Å². The van der Waals surface area contributed by atoms with Gasteiger partial charge in [-0.15, -0.1) is 0 Å². The van der Waals surface area contributed by atoms with E-state index in [1.54, 1.807) is 47.8 Å². The summed E-state index contributed by atoms with van der Waals surface area (Å²) in [5, 5.41) is 13.1. The maximum Gasteiger partial charge on any atom is 0.291 e. The van der Waals surface area contributed by atoms with Gasteiger partial charge in [-0.2, -0.15) is 0 Å². The van der Waals surface area contributed by atoms with Gasteiger partial charge in [0.25, 0.3) is 5.91 Å². The Labute approximate surface area is 165 Å². The van der Waals surface area contributed by atoms with Gasteiger partial charge >= 0.3 is 0 Å². The van der Waals surface area contributed by atoms with Crippen molar-refractivity contribution < 1.29 is 14.3 Å². The standard InChI is InChI=1S/C20H18N2O3S2/c23-11-13-4-3-5-14(10-13)22-19(24)18-16(12-27-20-21-8-9-26-20)15-6-1-2-7-17(15)25-18/h1-7,10,23H,8-9,11-12H2,(H,22,24). The summed E-state index contributed by atoms with van der Waals surface area (Å²) in [5.74, 6) is 1.67. The molecule has 0 aliphatic carbocycles. The number of nitrogens with zero attached hydrogens (tertiary/aromatic N) is 1. The monoisotopic (exact) mass is 398 g/mol. The van der Waals surface area contributed by atoms with Gasteiger partial charge < -0.3 is 14.8 Å². The summed E-state index contributed by atoms with van der Waals surface area (Å²) in [5.41, 5.74) is 2.94. The van der Waals surface area contributed by atoms with Gasteiger partial charge in [-0.3, -0.25) is 9.79 Å². The van der Waals surface area contributed by atoms with Crippen LogP contribution in [-0.4, -0.2) is 27.7 Å². The zero-order chi connectivity index (χ0) is 18.6. The van der Waals surface area contributed by atoms with E-state index < -0.39 is 0 Å². The molecule has 2 N–H and O–H groups in total. The number of amides is 1. The first-order valence-electron chi connectivity index (χ1n) is 8.56. The molecule has 1 aromatic heterocycles. The fourth-order valence-electron chi connectivity index (χ4n) is 2.90. The van der Waals surface area contributed by atoms with Crippen molar-refractivity contribution in [1.29, 1.82) is 0 Å². The lowest BCUT2D eigenvalue weighted by atomic mass is 10.1. The molecule has 2 heterocycles. The molecule has 1 aliphatic heterocycles. The topological polar surface area (TPSA) is 74.8 Å². The van der Waals surface area contributed by atoms with E-state index in [9.17, 15) is 9.90 Å². The van der Waals surface area contributed by atoms with Crippen molar-refractivity contribution in [3.05, 3.63) is 65.4 Å². The summed E-state index contributed by atoms with van der Waals surface area (Å²) >= 11 is 3.39. The highest BCUT2D eigenvalue weighted by molar-refractivity contribution is 8.38. The number of benzene rings is 2. The molecule has 0 atom stereocenters. The normalized spacial score (nSPS) is 13.7. The van der Waals surface area contributed by atoms with Gasteiger partial charge in [0.2, 0.25) is 0 Å². The Bertz CT molecular complexity index is 1010. The molecule has 4 rings (SSSR count). The van der Waals surface area contributed by atoms with Gasteiger partial charge in [-0.05, 0) is 23.8 Å². The highest BCUT2D eigenvalue weighted by atomic mass is 32.2. The van der Waals surface area contributed by atoms with Gasteiger partial charge in [0.05, 0.1) is 13.2 Å². The predicted octanol–water partition coefficient (Wildman–Crippen LogP) is 4.51. The quantitative estimate of drug-likeness (QED) is 0.661. The number of fused-ring (bicyclic) bond motifs is 1. The van der Waals surface area contributed by atoms with Crippen LogP contribution in [0.3, 0.4) is 0 Å². The van der Waals surface area contributed by atoms with Crippen LogP contribution in [0.1, 0.15) is 21.7 Å². The maximum absolute atomic E-state index is 12.9. The lowest BCUT2D eigenvalue weighted by molar-refractivity contribution is 0.0998. The van der Waals surface area contributed by atoms with Crippen LogP contribution in [0.15, 0.2) is 57.9 Å². The molecule has 7 heteroatoms. The Kier molecular flexibility index (Phi) is 5.52. The molecule has 0 radical (unpaired) electrons. The molecule has 2 aromatic carbocycles. The van der Waals surface area contributed by atoms with Gasteiger partial charge in [0.15, 0.2) is 5.76 Å². The molecule has 27 heavy (non-hydrogen) atoms. The third kappa shape index (κ3) is 4.05. The first-order chi connectivity index (χ1) is 13.2. The van der Waals surface area contributed by atoms with Crippen LogP contribution in [0.2, 0.25) is 0 Å². The van der Waals surface area contributed by atoms with E-state index >= 15 is 0 Å². The molecule has 0 saturated heterocycles. The number of furan rings is 1. The van der Waals surface area contributed by atoms with Crippen LogP contribution in [0, 0.1) is 0 Å². The number of rotatable bonds is 5. The number of aliphatic hydroxyl groups is 1. The molecule has 0 bridgehead atoms. The Hall–Kier alpha value is -2.22. The minimum atomic E-state index is -0.294. The number of carbonyl (C=O) groups is 1. The largest absolute Gasteiger partial charge is 0.451 e. The lowest BCUT2D eigenvalue weighted by Gasteiger charge is -2.07. The summed E-state index contributed by atoms with van der Waals surface area (Å²) in [7, 11) is 0. The summed E-state index contributed by atoms with van der Waals surface area (Å²) in [6, 6.07) is 14.8. The zero-order valence-electron chi connectivity index (χ0n) is 14.5. The lowest BCUT2D eigenvalue weighted by Crippen LogP contribution is -2.13. The Morgan fingerprint density at radius 1 is 1.26 bits per heavy atom. The molecule has 5 nitrogen and oxygen atoms in total. The van der Waals surface area contributed by atoms with E-state index in [2.05, 4.69) is 10.3 Å². The predicted molar refractivity (Wildman–Crippen MR) is 113 cm³/mol. The second-order valence-corrected chi connectivity index (χ2v) is 8.31. The number of anilines is 1. The average molecular weight is 399 g/mol. The second-order valence-electron chi connectivity index (χ2n) is 6.00. The third-order valence-electron chi connectivity index (χ3n) is 4.17. The van der Waals surface area contributed by atoms with Crippen molar-refractivity contribution >= 4 is 50.5 Å². The van der Waals surface area contributed by atoms with Crippen LogP contribution in [-0.2, 0) is 12.4 Å². The molecule has 138 valence electrons. The van der Waals surface area contributed by atoms with Crippen molar-refractivity contribution in [1.82, 2.24) is 0 Å². The SMILES string of the molecule is O=C(Nc1cccc(CO)c1)c1oc2ccccc2c1CSC1=NCCS1. The number of hydrogen-bond acceptors (Lipinski definition) is 6. The van der Waals surface area contributed by atoms with Crippen LogP contribution in [0.5, 0.6) is 0 Å². The fraction of sp³-hybridized carbons (Fsp3) is 0.200. The Balaban J connectivity index is 1.62. The smallest absolute Gasteiger partial charge is 0.291 e. The average Bonchev–Trinajstić information content (AvgIpc) is 3.34. The molecular weight excluding hydrogens is 380 g/mol. The number of nitrogens with one attached hydrogen (secondary N) is 1. The summed E-state index contributed by atoms with van der Waals surface area (Å²) in [4.78, 5) is 17.4. The first-order valence-corrected chi connectivity index (χ1v) is 10.5. The van der Waals surface area contributed by atoms with E-state index in [4.69, 9.17) is 4.42 Å². The number of para-hydroxylation sites is 1. The van der Waals surface area contributed by atoms with Crippen LogP contribution < -0.4 is 5.32 Å². The molecule has 0 spiro atoms. The molecule has 0 unspecified atom stereocenters. The van der Waals surface area contributed by atoms with Gasteiger partial charge in [0, 0.05) is 28.1 Å². The van der Waals surface area contributed by atoms with E-state index in [-0.39, 0.29) is 12.5 Å². The molecule has 3 aromatic rings. The zero-order valence-corrected chi connectivity index (χ0v) is 16.1. The van der Waals surface area contributed by atoms with E-state index in [0.29, 0.717) is 22.8 Å². The second kappa shape index (κ2) is 8.21. The number of thioether (sulfide) groups is 2. The first kappa shape index (κ1) is 18.2. The van der Waals surface area contributed by atoms with Crippen molar-refractivity contribution in [2.75, 3.05) is 17.6 Å². The number of aliphatic hydroxyl groups excluding tert-OH is 1. The highest BCUT2D eigenvalue weighted by Gasteiger charge is 2.22. The van der Waals surface area contributed by atoms with Crippen molar-refractivity contribution in [2.45, 2.75) is 12.4 Å². The van der Waals surface area contributed by atoms with Crippen LogP contribution in [0.4, 0.5) is 5.69 Å². The molecule has 1 aliphatic rings. The van der Waals surface area contributed by atoms with Gasteiger partial charge in [-0.1, -0.05) is 53.9 Å². The minimum absolute atomic E-state index is 0.0734. The molecule has 0 saturated carbocycles. The molecule has 0 fully saturated rings. The minimum Gasteiger partial charge on any atom is -0.451 e. The van der Waals surface area contributed by atoms with Crippen LogP contribution >= 0.6 is 23.5 Å². The number of carbonyl (C=O) groups excluding carboxylic acids is 1. The van der Waals surface area contributed by atoms with Crippen molar-refractivity contribution in [3.63, 3.8) is 0 Å². The third-order valence-corrected chi connectivity index (χ3v) is 6.45. The highest BCUT2D eigenvalue weighted by Crippen LogP contribution is 2.33. The summed E-state index contributed by atoms with van der Waals surface area (Å²) in [6.45, 7) is 0.781. The van der Waals surface area contributed by atoms with E-state index in [1.165, 1.54) is 0 Å². The van der Waals surface area contributed by atoms with E-state index in [0.717, 1.165) is 33.2 Å². The summed E-state index contributed by atoms with van der Waals surface area (Å²) < 4.78 is 6.94. The number of hydrogen-bond donors (Lipinski definition) is 2. The molecular formula is C20H18N2O3S2. The van der Waals surface area contributed by atoms with E-state index in [1.807, 2.05) is 24.3 Å². The van der Waals surface area contributed by atoms with Crippen molar-refractivity contribution in [2.24, 2.45) is 4.99 Å². The van der Waals surface area contributed by atoms with Crippen LogP contribution in [0.25, 0.3) is 11.0 Å².